The van der Waals surface area contributed by atoms with Gasteiger partial charge in [-0.15, -0.1) is 0 Å². The van der Waals surface area contributed by atoms with Crippen LogP contribution in [0.2, 0.25) is 0 Å². The van der Waals surface area contributed by atoms with Crippen molar-refractivity contribution in [2.75, 3.05) is 19.6 Å². The summed E-state index contributed by atoms with van der Waals surface area (Å²) in [6.45, 7) is 16.7. The molecule has 0 aliphatic heterocycles. The zero-order valence-electron chi connectivity index (χ0n) is 11.5. The molecule has 0 radical (unpaired) electrons. The summed E-state index contributed by atoms with van der Waals surface area (Å²) in [5.74, 6) is 0.775. The number of nitrogens with two attached hydrogens (primary N) is 1. The van der Waals surface area contributed by atoms with E-state index < -0.39 is 0 Å². The lowest BCUT2D eigenvalue weighted by molar-refractivity contribution is 0.185. The van der Waals surface area contributed by atoms with Crippen molar-refractivity contribution in [2.24, 2.45) is 17.1 Å². The normalized spacial score (nSPS) is 16.8. The second kappa shape index (κ2) is 6.49. The van der Waals surface area contributed by atoms with E-state index in [9.17, 15) is 0 Å². The summed E-state index contributed by atoms with van der Waals surface area (Å²) < 4.78 is 0. The number of nitrogens with zero attached hydrogens (tertiary/aromatic N) is 1. The fraction of sp³-hybridized carbons (Fsp3) is 1.00. The smallest absolute Gasteiger partial charge is 0.0217 e. The first-order valence-electron chi connectivity index (χ1n) is 6.29. The Morgan fingerprint density at radius 1 is 1.13 bits per heavy atom. The molecule has 0 saturated carbocycles. The molecule has 0 saturated heterocycles. The lowest BCUT2D eigenvalue weighted by atomic mass is 9.87. The quantitative estimate of drug-likeness (QED) is 0.736. The minimum absolute atomic E-state index is 0.211. The van der Waals surface area contributed by atoms with E-state index in [-0.39, 0.29) is 11.5 Å². The first-order chi connectivity index (χ1) is 6.81. The van der Waals surface area contributed by atoms with Crippen LogP contribution < -0.4 is 5.73 Å². The van der Waals surface area contributed by atoms with Crippen molar-refractivity contribution >= 4 is 0 Å². The highest BCUT2D eigenvalue weighted by atomic mass is 15.1. The summed E-state index contributed by atoms with van der Waals surface area (Å²) in [5, 5.41) is 0. The molecule has 92 valence electrons. The van der Waals surface area contributed by atoms with Crippen LogP contribution in [0, 0.1) is 11.3 Å². The largest absolute Gasteiger partial charge is 0.326 e. The van der Waals surface area contributed by atoms with E-state index in [1.54, 1.807) is 0 Å². The average molecular weight is 214 g/mol. The van der Waals surface area contributed by atoms with Crippen molar-refractivity contribution in [3.05, 3.63) is 0 Å². The van der Waals surface area contributed by atoms with Crippen molar-refractivity contribution < 1.29 is 0 Å². The Hall–Kier alpha value is -0.0800. The van der Waals surface area contributed by atoms with Crippen LogP contribution in [0.15, 0.2) is 0 Å². The van der Waals surface area contributed by atoms with Crippen molar-refractivity contribution in [3.63, 3.8) is 0 Å². The fourth-order valence-electron chi connectivity index (χ4n) is 1.45. The van der Waals surface area contributed by atoms with Crippen LogP contribution in [0.3, 0.4) is 0 Å². The third-order valence-corrected chi connectivity index (χ3v) is 3.28. The first kappa shape index (κ1) is 14.9. The highest BCUT2D eigenvalue weighted by Gasteiger charge is 2.22. The molecule has 2 atom stereocenters. The minimum atomic E-state index is 0.211. The van der Waals surface area contributed by atoms with Gasteiger partial charge in [0.05, 0.1) is 0 Å². The molecule has 0 aromatic carbocycles. The van der Waals surface area contributed by atoms with Crippen molar-refractivity contribution in [1.29, 1.82) is 0 Å². The molecule has 0 aliphatic rings. The molecule has 0 fully saturated rings. The van der Waals surface area contributed by atoms with E-state index in [2.05, 4.69) is 46.4 Å². The fourth-order valence-corrected chi connectivity index (χ4v) is 1.45. The number of likely N-dealkylation sites (N-methyl/N-ethyl adjacent to an activating group) is 1. The van der Waals surface area contributed by atoms with Crippen LogP contribution in [0.5, 0.6) is 0 Å². The van der Waals surface area contributed by atoms with Gasteiger partial charge in [0, 0.05) is 19.1 Å². The van der Waals surface area contributed by atoms with Crippen LogP contribution in [0.1, 0.15) is 48.0 Å². The predicted molar refractivity (Wildman–Crippen MR) is 69.0 cm³/mol. The Morgan fingerprint density at radius 2 is 1.67 bits per heavy atom. The summed E-state index contributed by atoms with van der Waals surface area (Å²) in [6, 6.07) is 0.265. The van der Waals surface area contributed by atoms with Gasteiger partial charge in [-0.3, -0.25) is 0 Å². The van der Waals surface area contributed by atoms with Crippen LogP contribution >= 0.6 is 0 Å². The van der Waals surface area contributed by atoms with Crippen LogP contribution in [-0.2, 0) is 0 Å². The Morgan fingerprint density at radius 3 is 2.00 bits per heavy atom. The minimum Gasteiger partial charge on any atom is -0.326 e. The molecule has 15 heavy (non-hydrogen) atoms. The van der Waals surface area contributed by atoms with Gasteiger partial charge in [-0.1, -0.05) is 48.0 Å². The number of hydrogen-bond acceptors (Lipinski definition) is 2. The maximum atomic E-state index is 6.20. The van der Waals surface area contributed by atoms with E-state index >= 15 is 0 Å². The molecule has 0 spiro atoms. The summed E-state index contributed by atoms with van der Waals surface area (Å²) in [5.41, 5.74) is 6.41. The van der Waals surface area contributed by atoms with E-state index in [1.165, 1.54) is 13.0 Å². The average Bonchev–Trinajstić information content (AvgIpc) is 2.14. The van der Waals surface area contributed by atoms with Gasteiger partial charge in [-0.05, 0) is 17.9 Å². The molecule has 0 bridgehead atoms. The van der Waals surface area contributed by atoms with E-state index in [0.717, 1.165) is 19.0 Å². The molecule has 2 N–H and O–H groups in total. The van der Waals surface area contributed by atoms with Gasteiger partial charge in [-0.25, -0.2) is 0 Å². The third kappa shape index (κ3) is 6.16. The Bertz CT molecular complexity index is 160. The highest BCUT2D eigenvalue weighted by molar-refractivity contribution is 4.80. The molecule has 2 unspecified atom stereocenters. The standard InChI is InChI=1S/C13H30N2/c1-7-11(3)9-15(8-2)10-12(14)13(4,5)6/h11-12H,7-10,14H2,1-6H3. The third-order valence-electron chi connectivity index (χ3n) is 3.28. The predicted octanol–water partition coefficient (Wildman–Crippen LogP) is 2.73. The molecule has 2 nitrogen and oxygen atoms in total. The Labute approximate surface area is 96.2 Å². The molecule has 0 aliphatic carbocycles. The molecule has 0 aromatic heterocycles. The van der Waals surface area contributed by atoms with Crippen LogP contribution in [0.25, 0.3) is 0 Å². The van der Waals surface area contributed by atoms with Gasteiger partial charge in [0.2, 0.25) is 0 Å². The van der Waals surface area contributed by atoms with Gasteiger partial charge in [0.1, 0.15) is 0 Å². The molecular weight excluding hydrogens is 184 g/mol. The second-order valence-electron chi connectivity index (χ2n) is 5.84. The van der Waals surface area contributed by atoms with Gasteiger partial charge >= 0.3 is 0 Å². The maximum Gasteiger partial charge on any atom is 0.0217 e. The van der Waals surface area contributed by atoms with Crippen molar-refractivity contribution in [2.45, 2.75) is 54.0 Å². The van der Waals surface area contributed by atoms with Gasteiger partial charge in [0.15, 0.2) is 0 Å². The zero-order valence-corrected chi connectivity index (χ0v) is 11.5. The molecule has 0 rings (SSSR count). The molecule has 0 aromatic rings. The van der Waals surface area contributed by atoms with Crippen molar-refractivity contribution in [1.82, 2.24) is 4.90 Å². The Balaban J connectivity index is 4.10. The SMILES string of the molecule is CCC(C)CN(CC)CC(N)C(C)(C)C. The molecule has 2 heteroatoms. The summed E-state index contributed by atoms with van der Waals surface area (Å²) >= 11 is 0. The van der Waals surface area contributed by atoms with Crippen LogP contribution in [-0.4, -0.2) is 30.6 Å². The van der Waals surface area contributed by atoms with Gasteiger partial charge < -0.3 is 10.6 Å². The molecule has 0 amide bonds. The second-order valence-corrected chi connectivity index (χ2v) is 5.84. The maximum absolute atomic E-state index is 6.20. The monoisotopic (exact) mass is 214 g/mol. The Kier molecular flexibility index (Phi) is 6.46. The summed E-state index contributed by atoms with van der Waals surface area (Å²) in [6.07, 6.45) is 1.25. The first-order valence-corrected chi connectivity index (χ1v) is 6.29. The van der Waals surface area contributed by atoms with Crippen molar-refractivity contribution in [3.8, 4) is 0 Å². The van der Waals surface area contributed by atoms with E-state index in [1.807, 2.05) is 0 Å². The molecular formula is C13H30N2. The lowest BCUT2D eigenvalue weighted by Gasteiger charge is -2.33. The van der Waals surface area contributed by atoms with Gasteiger partial charge in [-0.2, -0.15) is 0 Å². The molecule has 0 heterocycles. The van der Waals surface area contributed by atoms with E-state index in [0.29, 0.717) is 0 Å². The summed E-state index contributed by atoms with van der Waals surface area (Å²) in [4.78, 5) is 2.48. The zero-order chi connectivity index (χ0) is 12.1. The lowest BCUT2D eigenvalue weighted by Crippen LogP contribution is -2.46. The van der Waals surface area contributed by atoms with E-state index in [4.69, 9.17) is 5.73 Å². The highest BCUT2D eigenvalue weighted by Crippen LogP contribution is 2.18. The van der Waals surface area contributed by atoms with Gasteiger partial charge in [0.25, 0.3) is 0 Å². The summed E-state index contributed by atoms with van der Waals surface area (Å²) in [7, 11) is 0. The number of rotatable bonds is 6. The van der Waals surface area contributed by atoms with Crippen LogP contribution in [0.4, 0.5) is 0 Å². The number of hydrogen-bond donors (Lipinski definition) is 1. The topological polar surface area (TPSA) is 29.3 Å².